The largest absolute Gasteiger partial charge is 0.377 e. The summed E-state index contributed by atoms with van der Waals surface area (Å²) in [5.41, 5.74) is -0.156. The molecule has 0 atom stereocenters. The molecule has 2 N–H and O–H groups in total. The van der Waals surface area contributed by atoms with Crippen LogP contribution < -0.4 is 10.6 Å². The normalized spacial score (nSPS) is 17.7. The summed E-state index contributed by atoms with van der Waals surface area (Å²) in [6.07, 6.45) is 2.71. The second-order valence-electron chi connectivity index (χ2n) is 4.71. The monoisotopic (exact) mass is 213 g/mol. The topological polar surface area (TPSA) is 45.7 Å². The number of nitrogens with zero attached hydrogens (tertiary/aromatic N) is 1. The molecule has 0 aliphatic heterocycles. The zero-order valence-electron chi connectivity index (χ0n) is 10.3. The summed E-state index contributed by atoms with van der Waals surface area (Å²) in [7, 11) is 3.52. The van der Waals surface area contributed by atoms with Gasteiger partial charge in [0.1, 0.15) is 0 Å². The maximum absolute atomic E-state index is 5.33. The summed E-state index contributed by atoms with van der Waals surface area (Å²) in [5.74, 6) is 1.73. The van der Waals surface area contributed by atoms with Gasteiger partial charge in [-0.2, -0.15) is 0 Å². The first-order chi connectivity index (χ1) is 7.07. The first-order valence-electron chi connectivity index (χ1n) is 5.57. The van der Waals surface area contributed by atoms with Crippen molar-refractivity contribution in [1.29, 1.82) is 0 Å². The van der Waals surface area contributed by atoms with Gasteiger partial charge in [0.25, 0.3) is 0 Å². The highest BCUT2D eigenvalue weighted by Crippen LogP contribution is 2.27. The van der Waals surface area contributed by atoms with Crippen LogP contribution in [0.15, 0.2) is 4.99 Å². The molecule has 0 aromatic heterocycles. The SMILES string of the molecule is CN=C(NCC1CC1)NCC(C)(C)OC. The number of aliphatic imine (C=N–C) groups is 1. The molecule has 0 heterocycles. The molecular weight excluding hydrogens is 190 g/mol. The Morgan fingerprint density at radius 1 is 1.40 bits per heavy atom. The fourth-order valence-corrected chi connectivity index (χ4v) is 1.15. The zero-order valence-corrected chi connectivity index (χ0v) is 10.3. The van der Waals surface area contributed by atoms with Gasteiger partial charge in [-0.1, -0.05) is 0 Å². The van der Waals surface area contributed by atoms with E-state index in [1.807, 2.05) is 13.8 Å². The first kappa shape index (κ1) is 12.3. The molecule has 0 unspecified atom stereocenters. The van der Waals surface area contributed by atoms with E-state index in [2.05, 4.69) is 15.6 Å². The van der Waals surface area contributed by atoms with Gasteiger partial charge in [-0.05, 0) is 32.6 Å². The minimum absolute atomic E-state index is 0.156. The van der Waals surface area contributed by atoms with Crippen molar-refractivity contribution >= 4 is 5.96 Å². The van der Waals surface area contributed by atoms with E-state index in [1.165, 1.54) is 12.8 Å². The van der Waals surface area contributed by atoms with Crippen molar-refractivity contribution in [2.45, 2.75) is 32.3 Å². The molecule has 4 heteroatoms. The average Bonchev–Trinajstić information content (AvgIpc) is 3.02. The van der Waals surface area contributed by atoms with Crippen LogP contribution in [0.5, 0.6) is 0 Å². The number of ether oxygens (including phenoxy) is 1. The van der Waals surface area contributed by atoms with E-state index in [1.54, 1.807) is 14.2 Å². The maximum Gasteiger partial charge on any atom is 0.191 e. The van der Waals surface area contributed by atoms with E-state index < -0.39 is 0 Å². The molecule has 1 fully saturated rings. The number of nitrogens with one attached hydrogen (secondary N) is 2. The van der Waals surface area contributed by atoms with Gasteiger partial charge >= 0.3 is 0 Å². The third-order valence-corrected chi connectivity index (χ3v) is 2.71. The number of methoxy groups -OCH3 is 1. The van der Waals surface area contributed by atoms with Crippen LogP contribution in [0.1, 0.15) is 26.7 Å². The second kappa shape index (κ2) is 5.35. The van der Waals surface area contributed by atoms with Gasteiger partial charge < -0.3 is 15.4 Å². The van der Waals surface area contributed by atoms with Gasteiger partial charge in [0.05, 0.1) is 5.60 Å². The van der Waals surface area contributed by atoms with E-state index in [-0.39, 0.29) is 5.60 Å². The highest BCUT2D eigenvalue weighted by molar-refractivity contribution is 5.79. The van der Waals surface area contributed by atoms with E-state index >= 15 is 0 Å². The number of hydrogen-bond acceptors (Lipinski definition) is 2. The van der Waals surface area contributed by atoms with Crippen LogP contribution in [0.2, 0.25) is 0 Å². The Morgan fingerprint density at radius 2 is 2.07 bits per heavy atom. The molecule has 1 aliphatic rings. The average molecular weight is 213 g/mol. The minimum atomic E-state index is -0.156. The van der Waals surface area contributed by atoms with Crippen LogP contribution >= 0.6 is 0 Å². The summed E-state index contributed by atoms with van der Waals surface area (Å²) in [4.78, 5) is 4.16. The van der Waals surface area contributed by atoms with E-state index in [0.717, 1.165) is 25.0 Å². The van der Waals surface area contributed by atoms with Crippen molar-refractivity contribution in [3.63, 3.8) is 0 Å². The lowest BCUT2D eigenvalue weighted by molar-refractivity contribution is 0.0268. The zero-order chi connectivity index (χ0) is 11.3. The van der Waals surface area contributed by atoms with Gasteiger partial charge in [0.2, 0.25) is 0 Å². The van der Waals surface area contributed by atoms with E-state index in [4.69, 9.17) is 4.74 Å². The summed E-state index contributed by atoms with van der Waals surface area (Å²) in [6.45, 7) is 5.89. The van der Waals surface area contributed by atoms with Crippen LogP contribution in [0.3, 0.4) is 0 Å². The smallest absolute Gasteiger partial charge is 0.191 e. The summed E-state index contributed by atoms with van der Waals surface area (Å²) >= 11 is 0. The van der Waals surface area contributed by atoms with Crippen molar-refractivity contribution in [3.8, 4) is 0 Å². The van der Waals surface area contributed by atoms with Gasteiger partial charge in [-0.25, -0.2) is 0 Å². The molecule has 0 saturated heterocycles. The fourth-order valence-electron chi connectivity index (χ4n) is 1.15. The predicted octanol–water partition coefficient (Wildman–Crippen LogP) is 0.986. The Balaban J connectivity index is 2.20. The first-order valence-corrected chi connectivity index (χ1v) is 5.57. The molecule has 0 aromatic carbocycles. The molecule has 1 aliphatic carbocycles. The highest BCUT2D eigenvalue weighted by atomic mass is 16.5. The molecule has 0 bridgehead atoms. The molecule has 0 spiro atoms. The maximum atomic E-state index is 5.33. The van der Waals surface area contributed by atoms with Gasteiger partial charge in [0.15, 0.2) is 5.96 Å². The highest BCUT2D eigenvalue weighted by Gasteiger charge is 2.21. The van der Waals surface area contributed by atoms with Crippen LogP contribution in [-0.2, 0) is 4.74 Å². The standard InChI is InChI=1S/C11H23N3O/c1-11(2,15-4)8-14-10(12-3)13-7-9-5-6-9/h9H,5-8H2,1-4H3,(H2,12,13,14). The molecule has 0 amide bonds. The van der Waals surface area contributed by atoms with Crippen molar-refractivity contribution < 1.29 is 4.74 Å². The number of guanidine groups is 1. The van der Waals surface area contributed by atoms with Crippen molar-refractivity contribution in [3.05, 3.63) is 0 Å². The third-order valence-electron chi connectivity index (χ3n) is 2.71. The Kier molecular flexibility index (Phi) is 4.39. The quantitative estimate of drug-likeness (QED) is 0.529. The lowest BCUT2D eigenvalue weighted by Gasteiger charge is -2.24. The summed E-state index contributed by atoms with van der Waals surface area (Å²) in [5, 5.41) is 6.57. The molecule has 15 heavy (non-hydrogen) atoms. The van der Waals surface area contributed by atoms with Crippen LogP contribution in [0.4, 0.5) is 0 Å². The Morgan fingerprint density at radius 3 is 2.53 bits per heavy atom. The second-order valence-corrected chi connectivity index (χ2v) is 4.71. The number of rotatable bonds is 5. The molecule has 0 radical (unpaired) electrons. The van der Waals surface area contributed by atoms with E-state index in [0.29, 0.717) is 0 Å². The molecule has 4 nitrogen and oxygen atoms in total. The van der Waals surface area contributed by atoms with Crippen LogP contribution in [0, 0.1) is 5.92 Å². The molecule has 88 valence electrons. The predicted molar refractivity (Wildman–Crippen MR) is 63.2 cm³/mol. The van der Waals surface area contributed by atoms with Gasteiger partial charge in [0, 0.05) is 27.2 Å². The Bertz CT molecular complexity index is 222. The lowest BCUT2D eigenvalue weighted by Crippen LogP contribution is -2.45. The summed E-state index contributed by atoms with van der Waals surface area (Å²) in [6, 6.07) is 0. The molecule has 1 saturated carbocycles. The minimum Gasteiger partial charge on any atom is -0.377 e. The van der Waals surface area contributed by atoms with Crippen molar-refractivity contribution in [1.82, 2.24) is 10.6 Å². The fraction of sp³-hybridized carbons (Fsp3) is 0.909. The van der Waals surface area contributed by atoms with Gasteiger partial charge in [-0.15, -0.1) is 0 Å². The Hall–Kier alpha value is -0.770. The molecule has 1 rings (SSSR count). The lowest BCUT2D eigenvalue weighted by atomic mass is 10.1. The van der Waals surface area contributed by atoms with E-state index in [9.17, 15) is 0 Å². The Labute approximate surface area is 92.5 Å². The molecule has 0 aromatic rings. The van der Waals surface area contributed by atoms with Crippen molar-refractivity contribution in [2.24, 2.45) is 10.9 Å². The number of hydrogen-bond donors (Lipinski definition) is 2. The van der Waals surface area contributed by atoms with Crippen molar-refractivity contribution in [2.75, 3.05) is 27.2 Å². The summed E-state index contributed by atoms with van der Waals surface area (Å²) < 4.78 is 5.33. The van der Waals surface area contributed by atoms with Gasteiger partial charge in [-0.3, -0.25) is 4.99 Å². The third kappa shape index (κ3) is 5.02. The van der Waals surface area contributed by atoms with Crippen LogP contribution in [-0.4, -0.2) is 38.8 Å². The molecular formula is C11H23N3O. The van der Waals surface area contributed by atoms with Crippen LogP contribution in [0.25, 0.3) is 0 Å².